The van der Waals surface area contributed by atoms with Gasteiger partial charge in [0.15, 0.2) is 0 Å². The van der Waals surface area contributed by atoms with Gasteiger partial charge in [-0.15, -0.1) is 0 Å². The monoisotopic (exact) mass is 314 g/mol. The average Bonchev–Trinajstić information content (AvgIpc) is 2.43. The van der Waals surface area contributed by atoms with Crippen LogP contribution in [0.25, 0.3) is 0 Å². The van der Waals surface area contributed by atoms with Gasteiger partial charge < -0.3 is 10.6 Å². The van der Waals surface area contributed by atoms with Crippen molar-refractivity contribution in [1.82, 2.24) is 5.32 Å². The molecule has 1 amide bonds. The SMILES string of the molecule is CC(CC(=O)Nc1ccc(Cl)cc1Cl)C1CCCNC1. The summed E-state index contributed by atoms with van der Waals surface area (Å²) in [6, 6.07) is 5.08. The molecule has 2 N–H and O–H groups in total. The van der Waals surface area contributed by atoms with Gasteiger partial charge in [0.25, 0.3) is 0 Å². The quantitative estimate of drug-likeness (QED) is 0.883. The van der Waals surface area contributed by atoms with E-state index >= 15 is 0 Å². The lowest BCUT2D eigenvalue weighted by molar-refractivity contribution is -0.117. The first-order chi connectivity index (χ1) is 9.56. The molecule has 0 aromatic heterocycles. The summed E-state index contributed by atoms with van der Waals surface area (Å²) in [6.45, 7) is 4.24. The Morgan fingerprint density at radius 1 is 1.50 bits per heavy atom. The molecule has 2 unspecified atom stereocenters. The molecule has 0 saturated carbocycles. The largest absolute Gasteiger partial charge is 0.325 e. The first kappa shape index (κ1) is 15.6. The van der Waals surface area contributed by atoms with Crippen molar-refractivity contribution in [2.45, 2.75) is 26.2 Å². The minimum absolute atomic E-state index is 0.00676. The zero-order valence-electron chi connectivity index (χ0n) is 11.6. The van der Waals surface area contributed by atoms with E-state index < -0.39 is 0 Å². The summed E-state index contributed by atoms with van der Waals surface area (Å²) in [4.78, 5) is 12.1. The summed E-state index contributed by atoms with van der Waals surface area (Å²) in [5.74, 6) is 0.955. The second kappa shape index (κ2) is 7.30. The number of carbonyl (C=O) groups excluding carboxylic acids is 1. The van der Waals surface area contributed by atoms with Gasteiger partial charge in [0.1, 0.15) is 0 Å². The molecule has 1 aromatic carbocycles. The van der Waals surface area contributed by atoms with Gasteiger partial charge in [0.2, 0.25) is 5.91 Å². The van der Waals surface area contributed by atoms with Gasteiger partial charge >= 0.3 is 0 Å². The maximum absolute atomic E-state index is 12.1. The molecule has 1 fully saturated rings. The molecule has 0 spiro atoms. The summed E-state index contributed by atoms with van der Waals surface area (Å²) >= 11 is 11.9. The van der Waals surface area contributed by atoms with Crippen LogP contribution < -0.4 is 10.6 Å². The molecule has 1 aliphatic heterocycles. The molecule has 20 heavy (non-hydrogen) atoms. The van der Waals surface area contributed by atoms with E-state index in [-0.39, 0.29) is 5.91 Å². The van der Waals surface area contributed by atoms with Crippen LogP contribution in [0.5, 0.6) is 0 Å². The molecule has 1 saturated heterocycles. The highest BCUT2D eigenvalue weighted by Gasteiger charge is 2.22. The van der Waals surface area contributed by atoms with Crippen LogP contribution in [0.15, 0.2) is 18.2 Å². The van der Waals surface area contributed by atoms with Crippen LogP contribution in [0.1, 0.15) is 26.2 Å². The fourth-order valence-electron chi connectivity index (χ4n) is 2.62. The van der Waals surface area contributed by atoms with Crippen LogP contribution in [0.4, 0.5) is 5.69 Å². The Morgan fingerprint density at radius 2 is 2.30 bits per heavy atom. The lowest BCUT2D eigenvalue weighted by Crippen LogP contribution is -2.34. The van der Waals surface area contributed by atoms with Crippen molar-refractivity contribution < 1.29 is 4.79 Å². The normalized spacial score (nSPS) is 20.4. The number of carbonyl (C=O) groups is 1. The van der Waals surface area contributed by atoms with Crippen LogP contribution in [0.2, 0.25) is 10.0 Å². The number of hydrogen-bond donors (Lipinski definition) is 2. The Hall–Kier alpha value is -0.770. The van der Waals surface area contributed by atoms with E-state index in [1.54, 1.807) is 18.2 Å². The number of hydrogen-bond acceptors (Lipinski definition) is 2. The Morgan fingerprint density at radius 3 is 2.95 bits per heavy atom. The molecule has 1 aromatic rings. The molecule has 110 valence electrons. The maximum Gasteiger partial charge on any atom is 0.224 e. The lowest BCUT2D eigenvalue weighted by Gasteiger charge is -2.28. The highest BCUT2D eigenvalue weighted by molar-refractivity contribution is 6.36. The number of nitrogens with one attached hydrogen (secondary N) is 2. The Bertz CT molecular complexity index is 473. The second-order valence-corrected chi connectivity index (χ2v) is 6.30. The van der Waals surface area contributed by atoms with E-state index in [1.165, 1.54) is 12.8 Å². The summed E-state index contributed by atoms with van der Waals surface area (Å²) in [5.41, 5.74) is 0.620. The number of rotatable bonds is 4. The van der Waals surface area contributed by atoms with Crippen LogP contribution in [-0.4, -0.2) is 19.0 Å². The summed E-state index contributed by atoms with van der Waals surface area (Å²) in [7, 11) is 0. The standard InChI is InChI=1S/C15H20Cl2N2O/c1-10(11-3-2-6-18-9-11)7-15(20)19-14-5-4-12(16)8-13(14)17/h4-5,8,10-11,18H,2-3,6-7,9H2,1H3,(H,19,20). The van der Waals surface area contributed by atoms with Crippen LogP contribution in [-0.2, 0) is 4.79 Å². The second-order valence-electron chi connectivity index (χ2n) is 5.46. The first-order valence-corrected chi connectivity index (χ1v) is 7.77. The van der Waals surface area contributed by atoms with Gasteiger partial charge in [-0.2, -0.15) is 0 Å². The van der Waals surface area contributed by atoms with Crippen molar-refractivity contribution in [1.29, 1.82) is 0 Å². The fraction of sp³-hybridized carbons (Fsp3) is 0.533. The van der Waals surface area contributed by atoms with E-state index in [2.05, 4.69) is 17.6 Å². The van der Waals surface area contributed by atoms with Gasteiger partial charge in [-0.25, -0.2) is 0 Å². The number of halogens is 2. The molecular formula is C15H20Cl2N2O. The van der Waals surface area contributed by atoms with Crippen LogP contribution >= 0.6 is 23.2 Å². The predicted octanol–water partition coefficient (Wildman–Crippen LogP) is 3.96. The molecule has 2 rings (SSSR count). The van der Waals surface area contributed by atoms with Gasteiger partial charge in [-0.1, -0.05) is 30.1 Å². The molecule has 0 radical (unpaired) electrons. The van der Waals surface area contributed by atoms with Crippen molar-refractivity contribution in [2.75, 3.05) is 18.4 Å². The molecule has 2 atom stereocenters. The molecule has 0 aliphatic carbocycles. The van der Waals surface area contributed by atoms with Crippen LogP contribution in [0, 0.1) is 11.8 Å². The maximum atomic E-state index is 12.1. The molecule has 0 bridgehead atoms. The minimum Gasteiger partial charge on any atom is -0.325 e. The zero-order chi connectivity index (χ0) is 14.5. The number of anilines is 1. The molecular weight excluding hydrogens is 295 g/mol. The van der Waals surface area contributed by atoms with E-state index in [9.17, 15) is 4.79 Å². The van der Waals surface area contributed by atoms with E-state index in [0.717, 1.165) is 13.1 Å². The van der Waals surface area contributed by atoms with Crippen LogP contribution in [0.3, 0.4) is 0 Å². The molecule has 3 nitrogen and oxygen atoms in total. The van der Waals surface area contributed by atoms with E-state index in [1.807, 2.05) is 0 Å². The third-order valence-electron chi connectivity index (χ3n) is 3.85. The molecule has 1 aliphatic rings. The Balaban J connectivity index is 1.88. The summed E-state index contributed by atoms with van der Waals surface area (Å²) in [5, 5.41) is 7.28. The highest BCUT2D eigenvalue weighted by Crippen LogP contribution is 2.27. The Kier molecular flexibility index (Phi) is 5.70. The lowest BCUT2D eigenvalue weighted by atomic mass is 9.85. The minimum atomic E-state index is 0.00676. The number of amides is 1. The van der Waals surface area contributed by atoms with Crippen molar-refractivity contribution in [3.8, 4) is 0 Å². The summed E-state index contributed by atoms with van der Waals surface area (Å²) < 4.78 is 0. The molecule has 1 heterocycles. The van der Waals surface area contributed by atoms with Gasteiger partial charge in [-0.05, 0) is 56.0 Å². The predicted molar refractivity (Wildman–Crippen MR) is 84.5 cm³/mol. The number of benzene rings is 1. The van der Waals surface area contributed by atoms with E-state index in [0.29, 0.717) is 34.0 Å². The first-order valence-electron chi connectivity index (χ1n) is 7.02. The summed E-state index contributed by atoms with van der Waals surface area (Å²) in [6.07, 6.45) is 2.91. The zero-order valence-corrected chi connectivity index (χ0v) is 13.1. The fourth-order valence-corrected chi connectivity index (χ4v) is 3.07. The van der Waals surface area contributed by atoms with Crippen molar-refractivity contribution in [2.24, 2.45) is 11.8 Å². The van der Waals surface area contributed by atoms with Gasteiger partial charge in [0.05, 0.1) is 10.7 Å². The topological polar surface area (TPSA) is 41.1 Å². The highest BCUT2D eigenvalue weighted by atomic mass is 35.5. The van der Waals surface area contributed by atoms with Crippen molar-refractivity contribution in [3.63, 3.8) is 0 Å². The Labute approximate surface area is 130 Å². The third-order valence-corrected chi connectivity index (χ3v) is 4.40. The van der Waals surface area contributed by atoms with Crippen molar-refractivity contribution in [3.05, 3.63) is 28.2 Å². The third kappa shape index (κ3) is 4.37. The van der Waals surface area contributed by atoms with E-state index in [4.69, 9.17) is 23.2 Å². The average molecular weight is 315 g/mol. The van der Waals surface area contributed by atoms with Gasteiger partial charge in [0, 0.05) is 11.4 Å². The van der Waals surface area contributed by atoms with Crippen molar-refractivity contribution >= 4 is 34.8 Å². The smallest absolute Gasteiger partial charge is 0.224 e. The molecule has 5 heteroatoms. The number of piperidine rings is 1. The van der Waals surface area contributed by atoms with Gasteiger partial charge in [-0.3, -0.25) is 4.79 Å².